The predicted molar refractivity (Wildman–Crippen MR) is 78.4 cm³/mol. The molecule has 0 saturated heterocycles. The number of benzene rings is 2. The smallest absolute Gasteiger partial charge is 0.319 e. The zero-order chi connectivity index (χ0) is 14.5. The van der Waals surface area contributed by atoms with Crippen molar-refractivity contribution in [3.8, 4) is 0 Å². The number of carbonyl (C=O) groups excluding carboxylic acids is 1. The Balaban J connectivity index is 1.92. The molecule has 0 bridgehead atoms. The molecular weight excluding hydrogens is 279 g/mol. The maximum Gasteiger partial charge on any atom is 0.319 e. The van der Waals surface area contributed by atoms with Gasteiger partial charge in [0.05, 0.1) is 0 Å². The molecule has 0 aliphatic heterocycles. The van der Waals surface area contributed by atoms with E-state index >= 15 is 0 Å². The first-order valence-electron chi connectivity index (χ1n) is 6.10. The fourth-order valence-corrected chi connectivity index (χ4v) is 1.90. The lowest BCUT2D eigenvalue weighted by Crippen LogP contribution is -2.28. The van der Waals surface area contributed by atoms with E-state index in [1.54, 1.807) is 18.2 Å². The van der Waals surface area contributed by atoms with Crippen LogP contribution < -0.4 is 10.6 Å². The molecule has 0 spiro atoms. The summed E-state index contributed by atoms with van der Waals surface area (Å²) >= 11 is 5.66. The molecular formula is C15H14ClFN2O. The van der Waals surface area contributed by atoms with E-state index in [4.69, 9.17) is 11.6 Å². The van der Waals surface area contributed by atoms with Crippen LogP contribution >= 0.6 is 11.6 Å². The third-order valence-corrected chi connectivity index (χ3v) is 2.97. The second-order valence-corrected chi connectivity index (χ2v) is 4.85. The van der Waals surface area contributed by atoms with Gasteiger partial charge in [-0.05, 0) is 36.8 Å². The maximum absolute atomic E-state index is 13.5. The van der Waals surface area contributed by atoms with Crippen molar-refractivity contribution in [3.05, 3.63) is 64.4 Å². The summed E-state index contributed by atoms with van der Waals surface area (Å²) in [6.07, 6.45) is 0. The SMILES string of the molecule is Cc1cccc(NC(=O)NCc2ccc(Cl)cc2F)c1. The van der Waals surface area contributed by atoms with Crippen molar-refractivity contribution in [1.29, 1.82) is 0 Å². The summed E-state index contributed by atoms with van der Waals surface area (Å²) in [7, 11) is 0. The molecule has 0 heterocycles. The van der Waals surface area contributed by atoms with E-state index in [1.165, 1.54) is 6.07 Å². The topological polar surface area (TPSA) is 41.1 Å². The maximum atomic E-state index is 13.5. The number of halogens is 2. The van der Waals surface area contributed by atoms with Gasteiger partial charge in [-0.1, -0.05) is 29.8 Å². The van der Waals surface area contributed by atoms with Crippen LogP contribution in [0.15, 0.2) is 42.5 Å². The monoisotopic (exact) mass is 292 g/mol. The van der Waals surface area contributed by atoms with Gasteiger partial charge in [0.2, 0.25) is 0 Å². The summed E-state index contributed by atoms with van der Waals surface area (Å²) in [5.74, 6) is -0.437. The molecule has 20 heavy (non-hydrogen) atoms. The van der Waals surface area contributed by atoms with Crippen molar-refractivity contribution in [1.82, 2.24) is 5.32 Å². The fourth-order valence-electron chi connectivity index (χ4n) is 1.74. The average molecular weight is 293 g/mol. The Labute approximate surface area is 121 Å². The molecule has 0 radical (unpaired) electrons. The van der Waals surface area contributed by atoms with Crippen LogP contribution in [0.1, 0.15) is 11.1 Å². The van der Waals surface area contributed by atoms with Gasteiger partial charge < -0.3 is 10.6 Å². The Morgan fingerprint density at radius 1 is 1.25 bits per heavy atom. The minimum absolute atomic E-state index is 0.0979. The molecule has 2 N–H and O–H groups in total. The van der Waals surface area contributed by atoms with Crippen molar-refractivity contribution >= 4 is 23.3 Å². The van der Waals surface area contributed by atoms with Gasteiger partial charge in [-0.3, -0.25) is 0 Å². The zero-order valence-electron chi connectivity index (χ0n) is 10.9. The molecule has 0 aliphatic carbocycles. The molecule has 0 saturated carbocycles. The van der Waals surface area contributed by atoms with Crippen LogP contribution in [0.25, 0.3) is 0 Å². The number of hydrogen-bond donors (Lipinski definition) is 2. The second-order valence-electron chi connectivity index (χ2n) is 4.41. The molecule has 0 aliphatic rings. The highest BCUT2D eigenvalue weighted by atomic mass is 35.5. The Morgan fingerprint density at radius 2 is 2.05 bits per heavy atom. The Hall–Kier alpha value is -2.07. The van der Waals surface area contributed by atoms with Crippen LogP contribution in [0.2, 0.25) is 5.02 Å². The quantitative estimate of drug-likeness (QED) is 0.878. The molecule has 0 aromatic heterocycles. The van der Waals surface area contributed by atoms with E-state index in [-0.39, 0.29) is 12.6 Å². The van der Waals surface area contributed by atoms with Crippen LogP contribution in [-0.4, -0.2) is 6.03 Å². The van der Waals surface area contributed by atoms with Gasteiger partial charge in [0.15, 0.2) is 0 Å². The summed E-state index contributed by atoms with van der Waals surface area (Å²) in [4.78, 5) is 11.7. The number of aryl methyl sites for hydroxylation is 1. The Morgan fingerprint density at radius 3 is 2.75 bits per heavy atom. The summed E-state index contributed by atoms with van der Waals surface area (Å²) in [6.45, 7) is 2.03. The van der Waals surface area contributed by atoms with E-state index in [0.29, 0.717) is 16.3 Å². The van der Waals surface area contributed by atoms with Gasteiger partial charge in [0, 0.05) is 22.8 Å². The number of hydrogen-bond acceptors (Lipinski definition) is 1. The number of rotatable bonds is 3. The minimum atomic E-state index is -0.437. The van der Waals surface area contributed by atoms with Crippen LogP contribution in [0, 0.1) is 12.7 Å². The minimum Gasteiger partial charge on any atom is -0.334 e. The highest BCUT2D eigenvalue weighted by molar-refractivity contribution is 6.30. The molecule has 5 heteroatoms. The van der Waals surface area contributed by atoms with E-state index in [9.17, 15) is 9.18 Å². The largest absolute Gasteiger partial charge is 0.334 e. The van der Waals surface area contributed by atoms with Gasteiger partial charge in [-0.15, -0.1) is 0 Å². The Kier molecular flexibility index (Phi) is 4.58. The molecule has 0 atom stereocenters. The summed E-state index contributed by atoms with van der Waals surface area (Å²) in [6, 6.07) is 11.4. The fraction of sp³-hybridized carbons (Fsp3) is 0.133. The first kappa shape index (κ1) is 14.3. The van der Waals surface area contributed by atoms with Crippen LogP contribution in [0.4, 0.5) is 14.9 Å². The first-order valence-corrected chi connectivity index (χ1v) is 6.48. The zero-order valence-corrected chi connectivity index (χ0v) is 11.7. The lowest BCUT2D eigenvalue weighted by molar-refractivity contribution is 0.251. The molecule has 2 amide bonds. The lowest BCUT2D eigenvalue weighted by Gasteiger charge is -2.09. The number of nitrogens with one attached hydrogen (secondary N) is 2. The summed E-state index contributed by atoms with van der Waals surface area (Å²) in [5.41, 5.74) is 2.12. The summed E-state index contributed by atoms with van der Waals surface area (Å²) in [5, 5.41) is 5.61. The molecule has 0 unspecified atom stereocenters. The molecule has 0 fully saturated rings. The Bertz CT molecular complexity index is 631. The van der Waals surface area contributed by atoms with Crippen molar-refractivity contribution in [2.75, 3.05) is 5.32 Å². The van der Waals surface area contributed by atoms with Gasteiger partial charge in [-0.25, -0.2) is 9.18 Å². The van der Waals surface area contributed by atoms with Crippen molar-refractivity contribution < 1.29 is 9.18 Å². The number of amides is 2. The molecule has 2 aromatic rings. The van der Waals surface area contributed by atoms with Crippen LogP contribution in [0.3, 0.4) is 0 Å². The molecule has 104 valence electrons. The normalized spacial score (nSPS) is 10.2. The molecule has 3 nitrogen and oxygen atoms in total. The number of carbonyl (C=O) groups is 1. The molecule has 2 aromatic carbocycles. The highest BCUT2D eigenvalue weighted by Gasteiger charge is 2.06. The van der Waals surface area contributed by atoms with Gasteiger partial charge in [0.25, 0.3) is 0 Å². The van der Waals surface area contributed by atoms with E-state index < -0.39 is 5.82 Å². The number of anilines is 1. The van der Waals surface area contributed by atoms with E-state index in [0.717, 1.165) is 5.56 Å². The van der Waals surface area contributed by atoms with Gasteiger partial charge >= 0.3 is 6.03 Å². The van der Waals surface area contributed by atoms with E-state index in [1.807, 2.05) is 25.1 Å². The second kappa shape index (κ2) is 6.39. The van der Waals surface area contributed by atoms with Crippen molar-refractivity contribution in [2.45, 2.75) is 13.5 Å². The standard InChI is InChI=1S/C15H14ClFN2O/c1-10-3-2-4-13(7-10)19-15(20)18-9-11-5-6-12(16)8-14(11)17/h2-8H,9H2,1H3,(H2,18,19,20). The van der Waals surface area contributed by atoms with Gasteiger partial charge in [0.1, 0.15) is 5.82 Å². The molecule has 2 rings (SSSR count). The predicted octanol–water partition coefficient (Wildman–Crippen LogP) is 4.11. The number of urea groups is 1. The highest BCUT2D eigenvalue weighted by Crippen LogP contribution is 2.14. The van der Waals surface area contributed by atoms with Crippen molar-refractivity contribution in [3.63, 3.8) is 0 Å². The third-order valence-electron chi connectivity index (χ3n) is 2.73. The van der Waals surface area contributed by atoms with E-state index in [2.05, 4.69) is 10.6 Å². The lowest BCUT2D eigenvalue weighted by atomic mass is 10.2. The van der Waals surface area contributed by atoms with Gasteiger partial charge in [-0.2, -0.15) is 0 Å². The summed E-state index contributed by atoms with van der Waals surface area (Å²) < 4.78 is 13.5. The third kappa shape index (κ3) is 3.96. The van der Waals surface area contributed by atoms with Crippen LogP contribution in [0.5, 0.6) is 0 Å². The van der Waals surface area contributed by atoms with Crippen LogP contribution in [-0.2, 0) is 6.54 Å². The average Bonchev–Trinajstić information content (AvgIpc) is 2.37. The van der Waals surface area contributed by atoms with Crippen molar-refractivity contribution in [2.24, 2.45) is 0 Å². The first-order chi connectivity index (χ1) is 9.54.